The fourth-order valence-electron chi connectivity index (χ4n) is 7.71. The third-order valence-corrected chi connectivity index (χ3v) is 9.93. The maximum atomic E-state index is 14.1. The van der Waals surface area contributed by atoms with Gasteiger partial charge in [0.25, 0.3) is 0 Å². The summed E-state index contributed by atoms with van der Waals surface area (Å²) < 4.78 is 6.10. The number of aromatic hydroxyl groups is 4. The molecule has 0 amide bonds. The van der Waals surface area contributed by atoms with Gasteiger partial charge in [-0.1, -0.05) is 24.3 Å². The maximum Gasteiger partial charge on any atom is 0.201 e. The molecule has 1 aliphatic heterocycles. The summed E-state index contributed by atoms with van der Waals surface area (Å²) in [6, 6.07) is 10.8. The number of benzene rings is 4. The Bertz CT molecular complexity index is 2140. The molecule has 0 spiro atoms. The quantitative estimate of drug-likeness (QED) is 0.117. The van der Waals surface area contributed by atoms with Gasteiger partial charge in [0.15, 0.2) is 5.78 Å². The van der Waals surface area contributed by atoms with E-state index in [1.165, 1.54) is 30.3 Å². The van der Waals surface area contributed by atoms with Crippen LogP contribution in [0.3, 0.4) is 0 Å². The number of aliphatic hydroxyl groups is 6. The molecule has 0 saturated carbocycles. The average molecular weight is 687 g/mol. The van der Waals surface area contributed by atoms with E-state index in [0.29, 0.717) is 0 Å². The van der Waals surface area contributed by atoms with Crippen molar-refractivity contribution in [1.82, 2.24) is 0 Å². The largest absolute Gasteiger partial charge is 0.507 e. The zero-order valence-corrected chi connectivity index (χ0v) is 25.8. The summed E-state index contributed by atoms with van der Waals surface area (Å²) in [5.41, 5.74) is -5.56. The highest BCUT2D eigenvalue weighted by molar-refractivity contribution is 6.30. The van der Waals surface area contributed by atoms with E-state index in [4.69, 9.17) is 4.74 Å². The summed E-state index contributed by atoms with van der Waals surface area (Å²) in [4.78, 5) is 42.0. The number of ether oxygens (including phenoxy) is 1. The van der Waals surface area contributed by atoms with Gasteiger partial charge in [-0.15, -0.1) is 0 Å². The molecule has 1 saturated heterocycles. The Labute approximate surface area is 282 Å². The minimum absolute atomic E-state index is 0.0221. The summed E-state index contributed by atoms with van der Waals surface area (Å²) >= 11 is 0. The summed E-state index contributed by atoms with van der Waals surface area (Å²) in [6.07, 6.45) is -9.44. The SMILES string of the molecule is O=C1c2cc(CO)cc(O)c2C(=O)c2c1ccc(C1([C@@H]3O[C@H](CO)[C@@H](O)[C@H](O)[C@H]3O)c3cccc(O)c3C(=O)c3c(O)cc(CO)cc31)c2O. The van der Waals surface area contributed by atoms with Crippen molar-refractivity contribution >= 4 is 17.3 Å². The van der Waals surface area contributed by atoms with Gasteiger partial charge in [-0.3, -0.25) is 14.4 Å². The van der Waals surface area contributed by atoms with Crippen molar-refractivity contribution in [2.75, 3.05) is 6.61 Å². The van der Waals surface area contributed by atoms with Gasteiger partial charge in [-0.05, 0) is 52.6 Å². The molecule has 0 aromatic heterocycles. The van der Waals surface area contributed by atoms with E-state index >= 15 is 0 Å². The van der Waals surface area contributed by atoms with Crippen LogP contribution in [0.15, 0.2) is 54.6 Å². The van der Waals surface area contributed by atoms with Crippen molar-refractivity contribution in [3.05, 3.63) is 116 Å². The average Bonchev–Trinajstić information content (AvgIpc) is 3.10. The lowest BCUT2D eigenvalue weighted by atomic mass is 9.57. The number of fused-ring (bicyclic) bond motifs is 4. The third-order valence-electron chi connectivity index (χ3n) is 9.93. The van der Waals surface area contributed by atoms with Gasteiger partial charge >= 0.3 is 0 Å². The topological polar surface area (TPSA) is 263 Å². The Morgan fingerprint density at radius 1 is 0.580 bits per heavy atom. The molecule has 0 bridgehead atoms. The lowest BCUT2D eigenvalue weighted by Crippen LogP contribution is -2.65. The molecule has 258 valence electrons. The molecule has 1 heterocycles. The number of aliphatic hydroxyl groups excluding tert-OH is 6. The van der Waals surface area contributed by atoms with Crippen molar-refractivity contribution in [2.45, 2.75) is 49.1 Å². The standard InChI is InChI=1S/C36H30O14/c37-10-13-6-16-24(21(41)8-13)31(46)25-15(28(16)43)4-5-18(29(25)44)36(35-34(49)33(48)30(45)23(12-39)50-35)17-2-1-3-20(40)26(17)32(47)27-19(36)7-14(11-38)9-22(27)42/h1-9,23,30,33-35,37-42,44-45,48-49H,10-12H2/t23-,30-,33+,34-,35-,36?/m1/s1. The fourth-order valence-corrected chi connectivity index (χ4v) is 7.71. The van der Waals surface area contributed by atoms with Crippen LogP contribution < -0.4 is 0 Å². The normalized spacial score (nSPS) is 25.5. The van der Waals surface area contributed by atoms with E-state index in [9.17, 15) is 65.4 Å². The Hall–Kier alpha value is -5.19. The lowest BCUT2D eigenvalue weighted by Gasteiger charge is -2.52. The molecule has 6 atom stereocenters. The molecular formula is C36H30O14. The Morgan fingerprint density at radius 2 is 1.20 bits per heavy atom. The molecule has 4 aromatic rings. The summed E-state index contributed by atoms with van der Waals surface area (Å²) in [5.74, 6) is -5.63. The first-order valence-electron chi connectivity index (χ1n) is 15.4. The number of phenols is 4. The first-order valence-corrected chi connectivity index (χ1v) is 15.4. The van der Waals surface area contributed by atoms with Crippen LogP contribution in [-0.2, 0) is 23.4 Å². The van der Waals surface area contributed by atoms with Crippen molar-refractivity contribution in [3.63, 3.8) is 0 Å². The molecule has 1 unspecified atom stereocenters. The predicted octanol–water partition coefficient (Wildman–Crippen LogP) is -0.00980. The van der Waals surface area contributed by atoms with Crippen LogP contribution >= 0.6 is 0 Å². The highest BCUT2D eigenvalue weighted by Crippen LogP contribution is 2.57. The van der Waals surface area contributed by atoms with Crippen LogP contribution in [0.25, 0.3) is 0 Å². The smallest absolute Gasteiger partial charge is 0.201 e. The Balaban J connectivity index is 1.64. The first-order chi connectivity index (χ1) is 23.8. The van der Waals surface area contributed by atoms with Crippen molar-refractivity contribution in [1.29, 1.82) is 0 Å². The first kappa shape index (κ1) is 33.3. The zero-order valence-electron chi connectivity index (χ0n) is 25.8. The molecule has 14 heteroatoms. The highest BCUT2D eigenvalue weighted by atomic mass is 16.5. The van der Waals surface area contributed by atoms with Crippen LogP contribution in [0.2, 0.25) is 0 Å². The number of carbonyl (C=O) groups is 3. The van der Waals surface area contributed by atoms with Gasteiger partial charge in [0.05, 0.1) is 47.5 Å². The molecule has 7 rings (SSSR count). The summed E-state index contributed by atoms with van der Waals surface area (Å²) in [6.45, 7) is -2.15. The van der Waals surface area contributed by atoms with Gasteiger partial charge < -0.3 is 55.8 Å². The van der Waals surface area contributed by atoms with E-state index in [-0.39, 0.29) is 38.9 Å². The van der Waals surface area contributed by atoms with E-state index in [2.05, 4.69) is 0 Å². The number of hydrogen-bond donors (Lipinski definition) is 10. The van der Waals surface area contributed by atoms with Crippen LogP contribution in [0.5, 0.6) is 23.0 Å². The van der Waals surface area contributed by atoms with Crippen LogP contribution in [-0.4, -0.2) is 106 Å². The molecule has 4 aromatic carbocycles. The van der Waals surface area contributed by atoms with Gasteiger partial charge in [0.1, 0.15) is 53.5 Å². The van der Waals surface area contributed by atoms with E-state index < -0.39 is 118 Å². The van der Waals surface area contributed by atoms with Crippen molar-refractivity contribution in [2.24, 2.45) is 0 Å². The van der Waals surface area contributed by atoms with Gasteiger partial charge in [0, 0.05) is 16.7 Å². The third kappa shape index (κ3) is 4.31. The maximum absolute atomic E-state index is 14.1. The summed E-state index contributed by atoms with van der Waals surface area (Å²) in [5, 5.41) is 109. The number of ketones is 3. The number of rotatable bonds is 5. The monoisotopic (exact) mass is 686 g/mol. The van der Waals surface area contributed by atoms with Gasteiger partial charge in [-0.25, -0.2) is 0 Å². The minimum atomic E-state index is -2.33. The highest BCUT2D eigenvalue weighted by Gasteiger charge is 2.60. The van der Waals surface area contributed by atoms with E-state index in [0.717, 1.165) is 24.3 Å². The van der Waals surface area contributed by atoms with Crippen LogP contribution in [0.1, 0.15) is 75.6 Å². The van der Waals surface area contributed by atoms with Crippen molar-refractivity contribution in [3.8, 4) is 23.0 Å². The van der Waals surface area contributed by atoms with Crippen molar-refractivity contribution < 1.29 is 70.2 Å². The second kappa shape index (κ2) is 11.7. The molecular weight excluding hydrogens is 656 g/mol. The molecule has 14 nitrogen and oxygen atoms in total. The second-order valence-corrected chi connectivity index (χ2v) is 12.5. The predicted molar refractivity (Wildman–Crippen MR) is 168 cm³/mol. The zero-order chi connectivity index (χ0) is 36.0. The van der Waals surface area contributed by atoms with Crippen LogP contribution in [0, 0.1) is 0 Å². The van der Waals surface area contributed by atoms with Gasteiger partial charge in [0.2, 0.25) is 11.6 Å². The number of hydrogen-bond acceptors (Lipinski definition) is 14. The van der Waals surface area contributed by atoms with Crippen LogP contribution in [0.4, 0.5) is 0 Å². The molecule has 0 radical (unpaired) electrons. The molecule has 2 aliphatic carbocycles. The minimum Gasteiger partial charge on any atom is -0.507 e. The van der Waals surface area contributed by atoms with Gasteiger partial charge in [-0.2, -0.15) is 0 Å². The molecule has 3 aliphatic rings. The second-order valence-electron chi connectivity index (χ2n) is 12.5. The van der Waals surface area contributed by atoms with E-state index in [1.807, 2.05) is 0 Å². The molecule has 1 fully saturated rings. The molecule has 50 heavy (non-hydrogen) atoms. The number of carbonyl (C=O) groups excluding carboxylic acids is 3. The fraction of sp³-hybridized carbons (Fsp3) is 0.250. The Morgan fingerprint density at radius 3 is 1.86 bits per heavy atom. The van der Waals surface area contributed by atoms with E-state index in [1.54, 1.807) is 0 Å². The Kier molecular flexibility index (Phi) is 7.80. The number of phenolic OH excluding ortho intramolecular Hbond substituents is 4. The molecule has 10 N–H and O–H groups in total. The summed E-state index contributed by atoms with van der Waals surface area (Å²) in [7, 11) is 0. The lowest BCUT2D eigenvalue weighted by molar-refractivity contribution is -0.239.